The molecule has 2 amide bonds. The molecule has 5 nitrogen and oxygen atoms in total. The molecule has 0 saturated carbocycles. The number of nitrogens with zero attached hydrogens (tertiary/aromatic N) is 1. The summed E-state index contributed by atoms with van der Waals surface area (Å²) in [6, 6.07) is 23.2. The van der Waals surface area contributed by atoms with E-state index in [-0.39, 0.29) is 18.4 Å². The first-order chi connectivity index (χ1) is 16.9. The minimum absolute atomic E-state index is 0.113. The van der Waals surface area contributed by atoms with Crippen molar-refractivity contribution in [3.05, 3.63) is 100.0 Å². The number of carbonyl (C=O) groups is 2. The maximum atomic E-state index is 13.0. The van der Waals surface area contributed by atoms with Crippen LogP contribution in [-0.2, 0) is 16.0 Å². The van der Waals surface area contributed by atoms with Gasteiger partial charge in [-0.25, -0.2) is 0 Å². The Labute approximate surface area is 215 Å². The van der Waals surface area contributed by atoms with E-state index < -0.39 is 0 Å². The minimum atomic E-state index is -0.251. The van der Waals surface area contributed by atoms with Crippen molar-refractivity contribution in [2.75, 3.05) is 18.5 Å². The largest absolute Gasteiger partial charge is 0.483 e. The van der Waals surface area contributed by atoms with Crippen molar-refractivity contribution in [1.82, 2.24) is 4.90 Å². The first-order valence-electron chi connectivity index (χ1n) is 11.3. The van der Waals surface area contributed by atoms with Crippen LogP contribution in [0.25, 0.3) is 6.08 Å². The van der Waals surface area contributed by atoms with Crippen molar-refractivity contribution in [3.63, 3.8) is 0 Å². The number of carbonyl (C=O) groups excluding carboxylic acids is 2. The lowest BCUT2D eigenvalue weighted by molar-refractivity contribution is -0.122. The highest BCUT2D eigenvalue weighted by Crippen LogP contribution is 2.34. The van der Waals surface area contributed by atoms with Gasteiger partial charge in [-0.2, -0.15) is 0 Å². The number of amides is 2. The first kappa shape index (κ1) is 24.7. The van der Waals surface area contributed by atoms with Gasteiger partial charge in [0, 0.05) is 17.8 Å². The van der Waals surface area contributed by atoms with E-state index in [0.717, 1.165) is 34.4 Å². The van der Waals surface area contributed by atoms with Crippen molar-refractivity contribution in [1.29, 1.82) is 0 Å². The van der Waals surface area contributed by atoms with Crippen LogP contribution in [-0.4, -0.2) is 34.2 Å². The fraction of sp³-hybridized carbons (Fsp3) is 0.179. The molecule has 0 aliphatic carbocycles. The predicted molar refractivity (Wildman–Crippen MR) is 147 cm³/mol. The molecule has 7 heteroatoms. The van der Waals surface area contributed by atoms with E-state index >= 15 is 0 Å². The highest BCUT2D eigenvalue weighted by Gasteiger charge is 2.31. The van der Waals surface area contributed by atoms with Crippen molar-refractivity contribution in [2.24, 2.45) is 0 Å². The van der Waals surface area contributed by atoms with Crippen LogP contribution >= 0.6 is 24.0 Å². The van der Waals surface area contributed by atoms with Crippen LogP contribution in [0.5, 0.6) is 5.75 Å². The van der Waals surface area contributed by atoms with E-state index in [1.807, 2.05) is 80.6 Å². The Kier molecular flexibility index (Phi) is 8.00. The van der Waals surface area contributed by atoms with Gasteiger partial charge in [0.05, 0.1) is 4.91 Å². The molecule has 35 heavy (non-hydrogen) atoms. The molecule has 178 valence electrons. The monoisotopic (exact) mass is 502 g/mol. The quantitative estimate of drug-likeness (QED) is 0.313. The first-order valence-corrected chi connectivity index (χ1v) is 12.5. The summed E-state index contributed by atoms with van der Waals surface area (Å²) in [7, 11) is 0. The molecule has 0 spiro atoms. The number of para-hydroxylation sites is 1. The fourth-order valence-electron chi connectivity index (χ4n) is 3.73. The highest BCUT2D eigenvalue weighted by molar-refractivity contribution is 8.26. The highest BCUT2D eigenvalue weighted by atomic mass is 32.2. The Morgan fingerprint density at radius 1 is 1.06 bits per heavy atom. The summed E-state index contributed by atoms with van der Waals surface area (Å²) in [4.78, 5) is 27.7. The third kappa shape index (κ3) is 6.38. The Bertz CT molecular complexity index is 1290. The average Bonchev–Trinajstić information content (AvgIpc) is 3.11. The van der Waals surface area contributed by atoms with Gasteiger partial charge < -0.3 is 10.1 Å². The zero-order valence-corrected chi connectivity index (χ0v) is 21.2. The molecule has 1 saturated heterocycles. The number of ether oxygens (including phenoxy) is 1. The van der Waals surface area contributed by atoms with Gasteiger partial charge in [0.1, 0.15) is 10.1 Å². The minimum Gasteiger partial charge on any atom is -0.483 e. The number of hydrogen-bond donors (Lipinski definition) is 1. The number of benzene rings is 3. The van der Waals surface area contributed by atoms with Crippen LogP contribution in [0.15, 0.2) is 77.7 Å². The zero-order chi connectivity index (χ0) is 24.8. The molecule has 0 radical (unpaired) electrons. The number of aryl methyl sites for hydroxylation is 2. The topological polar surface area (TPSA) is 58.6 Å². The molecule has 3 aromatic carbocycles. The van der Waals surface area contributed by atoms with Crippen LogP contribution in [0, 0.1) is 13.8 Å². The number of anilines is 1. The SMILES string of the molecule is Cc1ccc(NC(=O)COc2ccccc2/C=C2\SC(=S)N(CCc3ccccc3)C2=O)c(C)c1. The molecular formula is C28H26N2O3S2. The molecule has 1 aliphatic rings. The number of thiocarbonyl (C=S) groups is 1. The zero-order valence-electron chi connectivity index (χ0n) is 19.6. The second-order valence-electron chi connectivity index (χ2n) is 8.26. The maximum Gasteiger partial charge on any atom is 0.266 e. The Hall–Kier alpha value is -3.42. The fourth-order valence-corrected chi connectivity index (χ4v) is 5.03. The van der Waals surface area contributed by atoms with Crippen LogP contribution in [0.1, 0.15) is 22.3 Å². The second-order valence-corrected chi connectivity index (χ2v) is 9.94. The summed E-state index contributed by atoms with van der Waals surface area (Å²) >= 11 is 6.75. The molecule has 3 aromatic rings. The molecule has 1 N–H and O–H groups in total. The van der Waals surface area contributed by atoms with E-state index in [1.54, 1.807) is 17.0 Å². The third-order valence-corrected chi connectivity index (χ3v) is 6.94. The summed E-state index contributed by atoms with van der Waals surface area (Å²) in [5, 5.41) is 2.89. The predicted octanol–water partition coefficient (Wildman–Crippen LogP) is 5.76. The van der Waals surface area contributed by atoms with Gasteiger partial charge in [0.2, 0.25) is 0 Å². The Balaban J connectivity index is 1.41. The lowest BCUT2D eigenvalue weighted by atomic mass is 10.1. The van der Waals surface area contributed by atoms with Crippen molar-refractivity contribution < 1.29 is 14.3 Å². The summed E-state index contributed by atoms with van der Waals surface area (Å²) in [5.74, 6) is 0.162. The maximum absolute atomic E-state index is 13.0. The van der Waals surface area contributed by atoms with Gasteiger partial charge in [-0.05, 0) is 49.6 Å². The second kappa shape index (κ2) is 11.3. The van der Waals surface area contributed by atoms with Crippen molar-refractivity contribution >= 4 is 51.9 Å². The Morgan fingerprint density at radius 3 is 2.57 bits per heavy atom. The molecule has 0 unspecified atom stereocenters. The summed E-state index contributed by atoms with van der Waals surface area (Å²) in [5.41, 5.74) is 4.76. The molecule has 1 heterocycles. The molecule has 0 atom stereocenters. The number of thioether (sulfide) groups is 1. The number of nitrogens with one attached hydrogen (secondary N) is 1. The molecule has 1 fully saturated rings. The van der Waals surface area contributed by atoms with E-state index in [9.17, 15) is 9.59 Å². The molecule has 0 bridgehead atoms. The van der Waals surface area contributed by atoms with Crippen molar-refractivity contribution in [2.45, 2.75) is 20.3 Å². The van der Waals surface area contributed by atoms with Gasteiger partial charge in [-0.1, -0.05) is 90.2 Å². The summed E-state index contributed by atoms with van der Waals surface area (Å²) < 4.78 is 6.36. The molecule has 4 rings (SSSR count). The smallest absolute Gasteiger partial charge is 0.266 e. The molecular weight excluding hydrogens is 476 g/mol. The standard InChI is InChI=1S/C28H26N2O3S2/c1-19-12-13-23(20(2)16-19)29-26(31)18-33-24-11-7-6-10-22(24)17-25-27(32)30(28(34)35-25)15-14-21-8-4-3-5-9-21/h3-13,16-17H,14-15,18H2,1-2H3,(H,29,31)/b25-17-. The summed E-state index contributed by atoms with van der Waals surface area (Å²) in [6.07, 6.45) is 2.51. The van der Waals surface area contributed by atoms with Gasteiger partial charge in [-0.3, -0.25) is 14.5 Å². The van der Waals surface area contributed by atoms with Crippen LogP contribution in [0.2, 0.25) is 0 Å². The van der Waals surface area contributed by atoms with Gasteiger partial charge in [0.25, 0.3) is 11.8 Å². The van der Waals surface area contributed by atoms with E-state index in [2.05, 4.69) is 5.32 Å². The van der Waals surface area contributed by atoms with Crippen LogP contribution in [0.4, 0.5) is 5.69 Å². The average molecular weight is 503 g/mol. The van der Waals surface area contributed by atoms with Gasteiger partial charge in [-0.15, -0.1) is 0 Å². The van der Waals surface area contributed by atoms with Gasteiger partial charge >= 0.3 is 0 Å². The Morgan fingerprint density at radius 2 is 1.80 bits per heavy atom. The number of hydrogen-bond acceptors (Lipinski definition) is 5. The van der Waals surface area contributed by atoms with E-state index in [4.69, 9.17) is 17.0 Å². The van der Waals surface area contributed by atoms with Gasteiger partial charge in [0.15, 0.2) is 6.61 Å². The van der Waals surface area contributed by atoms with Crippen LogP contribution < -0.4 is 10.1 Å². The normalized spacial score (nSPS) is 14.5. The number of rotatable bonds is 8. The van der Waals surface area contributed by atoms with E-state index in [0.29, 0.717) is 21.5 Å². The summed E-state index contributed by atoms with van der Waals surface area (Å²) in [6.45, 7) is 4.35. The lowest BCUT2D eigenvalue weighted by Crippen LogP contribution is -2.30. The van der Waals surface area contributed by atoms with E-state index in [1.165, 1.54) is 11.8 Å². The van der Waals surface area contributed by atoms with Crippen molar-refractivity contribution in [3.8, 4) is 5.75 Å². The third-order valence-electron chi connectivity index (χ3n) is 5.56. The van der Waals surface area contributed by atoms with Crippen LogP contribution in [0.3, 0.4) is 0 Å². The lowest BCUT2D eigenvalue weighted by Gasteiger charge is -2.14. The molecule has 0 aromatic heterocycles. The molecule has 1 aliphatic heterocycles.